The van der Waals surface area contributed by atoms with E-state index < -0.39 is 5.97 Å². The first-order valence-corrected chi connectivity index (χ1v) is 15.1. The smallest absolute Gasteiger partial charge is 0.341 e. The first-order valence-electron chi connectivity index (χ1n) is 12.9. The van der Waals surface area contributed by atoms with Gasteiger partial charge >= 0.3 is 5.97 Å². The monoisotopic (exact) mass is 589 g/mol. The molecule has 0 fully saturated rings. The Morgan fingerprint density at radius 2 is 1.65 bits per heavy atom. The topological polar surface area (TPSA) is 79.5 Å². The number of aryl methyl sites for hydroxylation is 1. The molecule has 206 valence electrons. The number of carbonyl (C=O) groups excluding carboxylic acids is 2. The van der Waals surface area contributed by atoms with Crippen LogP contribution in [0.5, 0.6) is 0 Å². The Morgan fingerprint density at radius 3 is 2.35 bits per heavy atom. The molecular formula is C31H31N3O3S3. The van der Waals surface area contributed by atoms with Gasteiger partial charge in [0.15, 0.2) is 5.11 Å². The summed E-state index contributed by atoms with van der Waals surface area (Å²) >= 11 is 8.27. The number of thiocarbonyl (C=S) groups is 1. The second kappa shape index (κ2) is 14.1. The van der Waals surface area contributed by atoms with Crippen molar-refractivity contribution in [3.8, 4) is 11.1 Å². The average Bonchev–Trinajstić information content (AvgIpc) is 3.37. The maximum atomic E-state index is 13.4. The van der Waals surface area contributed by atoms with Crippen LogP contribution in [0.1, 0.15) is 36.2 Å². The number of benzene rings is 3. The minimum atomic E-state index is -0.451. The Labute approximate surface area is 248 Å². The number of ether oxygens (including phenoxy) is 1. The molecule has 4 aromatic rings. The minimum absolute atomic E-state index is 0.172. The molecule has 0 bridgehead atoms. The number of esters is 1. The van der Waals surface area contributed by atoms with Gasteiger partial charge in [-0.1, -0.05) is 61.0 Å². The molecule has 4 rings (SSSR count). The van der Waals surface area contributed by atoms with Crippen LogP contribution in [-0.2, 0) is 9.53 Å². The van der Waals surface area contributed by atoms with Crippen LogP contribution in [0.2, 0.25) is 0 Å². The standard InChI is InChI=1S/C31H31N3O3S3/c1-4-26(40-24-13-9-12-23(18-24)33-31(38)32-22-16-14-20(3)15-17-22)28(35)34-29-27(30(36)37-5-2)25(19-39-29)21-10-7-6-8-11-21/h6-19,26H,4-5H2,1-3H3,(H,34,35)(H2,32,33,38). The highest BCUT2D eigenvalue weighted by Gasteiger charge is 2.25. The lowest BCUT2D eigenvalue weighted by Crippen LogP contribution is -2.25. The van der Waals surface area contributed by atoms with Gasteiger partial charge in [0.2, 0.25) is 5.91 Å². The van der Waals surface area contributed by atoms with E-state index in [0.29, 0.717) is 22.1 Å². The molecule has 3 N–H and O–H groups in total. The summed E-state index contributed by atoms with van der Waals surface area (Å²) in [5, 5.41) is 11.9. The highest BCUT2D eigenvalue weighted by Crippen LogP contribution is 2.37. The number of thioether (sulfide) groups is 1. The molecule has 0 spiro atoms. The Hall–Kier alpha value is -3.66. The zero-order chi connectivity index (χ0) is 28.5. The Balaban J connectivity index is 1.45. The zero-order valence-electron chi connectivity index (χ0n) is 22.5. The Bertz CT molecular complexity index is 1470. The third kappa shape index (κ3) is 7.71. The van der Waals surface area contributed by atoms with Crippen molar-refractivity contribution in [1.29, 1.82) is 0 Å². The van der Waals surface area contributed by atoms with Crippen LogP contribution in [0.3, 0.4) is 0 Å². The quantitative estimate of drug-likeness (QED) is 0.0977. The van der Waals surface area contributed by atoms with Gasteiger partial charge in [-0.15, -0.1) is 23.1 Å². The largest absolute Gasteiger partial charge is 0.462 e. The van der Waals surface area contributed by atoms with Gasteiger partial charge in [0.25, 0.3) is 0 Å². The third-order valence-corrected chi connectivity index (χ3v) is 8.39. The second-order valence-corrected chi connectivity index (χ2v) is 11.5. The van der Waals surface area contributed by atoms with E-state index in [4.69, 9.17) is 17.0 Å². The van der Waals surface area contributed by atoms with Crippen molar-refractivity contribution in [2.24, 2.45) is 0 Å². The molecule has 0 aliphatic carbocycles. The maximum absolute atomic E-state index is 13.4. The molecule has 0 saturated carbocycles. The van der Waals surface area contributed by atoms with Crippen molar-refractivity contribution in [3.05, 3.63) is 95.4 Å². The Morgan fingerprint density at radius 1 is 0.925 bits per heavy atom. The number of carbonyl (C=O) groups is 2. The van der Waals surface area contributed by atoms with Gasteiger partial charge in [-0.3, -0.25) is 4.79 Å². The summed E-state index contributed by atoms with van der Waals surface area (Å²) < 4.78 is 5.33. The number of thiophene rings is 1. The predicted octanol–water partition coefficient (Wildman–Crippen LogP) is 8.22. The fourth-order valence-corrected chi connectivity index (χ4v) is 6.15. The number of hydrogen-bond acceptors (Lipinski definition) is 6. The highest BCUT2D eigenvalue weighted by atomic mass is 32.2. The minimum Gasteiger partial charge on any atom is -0.462 e. The Kier molecular flexibility index (Phi) is 10.3. The molecule has 6 nitrogen and oxygen atoms in total. The molecule has 1 unspecified atom stereocenters. The second-order valence-electron chi connectivity index (χ2n) is 8.92. The van der Waals surface area contributed by atoms with Crippen molar-refractivity contribution in [2.45, 2.75) is 37.3 Å². The van der Waals surface area contributed by atoms with Crippen molar-refractivity contribution >= 4 is 68.7 Å². The molecule has 9 heteroatoms. The van der Waals surface area contributed by atoms with Gasteiger partial charge in [-0.05, 0) is 68.4 Å². The summed E-state index contributed by atoms with van der Waals surface area (Å²) in [6.45, 7) is 6.02. The van der Waals surface area contributed by atoms with Gasteiger partial charge in [0, 0.05) is 27.2 Å². The summed E-state index contributed by atoms with van der Waals surface area (Å²) in [6.07, 6.45) is 0.604. The van der Waals surface area contributed by atoms with Crippen LogP contribution in [-0.4, -0.2) is 28.8 Å². The van der Waals surface area contributed by atoms with Crippen LogP contribution in [0.15, 0.2) is 89.1 Å². The van der Waals surface area contributed by atoms with Crippen molar-refractivity contribution in [1.82, 2.24) is 0 Å². The van der Waals surface area contributed by atoms with Gasteiger partial charge in [-0.25, -0.2) is 4.79 Å². The van der Waals surface area contributed by atoms with Gasteiger partial charge in [0.05, 0.1) is 11.9 Å². The van der Waals surface area contributed by atoms with Crippen LogP contribution in [0.25, 0.3) is 11.1 Å². The molecule has 1 heterocycles. The normalized spacial score (nSPS) is 11.4. The van der Waals surface area contributed by atoms with Gasteiger partial charge in [-0.2, -0.15) is 0 Å². The lowest BCUT2D eigenvalue weighted by atomic mass is 10.0. The zero-order valence-corrected chi connectivity index (χ0v) is 25.0. The van der Waals surface area contributed by atoms with Crippen LogP contribution < -0.4 is 16.0 Å². The van der Waals surface area contributed by atoms with Gasteiger partial charge < -0.3 is 20.7 Å². The first-order chi connectivity index (χ1) is 19.4. The fourth-order valence-electron chi connectivity index (χ4n) is 3.94. The van der Waals surface area contributed by atoms with Crippen LogP contribution >= 0.6 is 35.3 Å². The molecule has 1 amide bonds. The van der Waals surface area contributed by atoms with E-state index in [2.05, 4.69) is 16.0 Å². The van der Waals surface area contributed by atoms with Gasteiger partial charge in [0.1, 0.15) is 10.6 Å². The SMILES string of the molecule is CCOC(=O)c1c(-c2ccccc2)csc1NC(=O)C(CC)Sc1cccc(NC(=S)Nc2ccc(C)cc2)c1. The lowest BCUT2D eigenvalue weighted by Gasteiger charge is -2.16. The fraction of sp³-hybridized carbons (Fsp3) is 0.194. The summed E-state index contributed by atoms with van der Waals surface area (Å²) in [7, 11) is 0. The molecule has 0 aliphatic rings. The predicted molar refractivity (Wildman–Crippen MR) is 172 cm³/mol. The van der Waals surface area contributed by atoms with E-state index in [1.165, 1.54) is 28.7 Å². The van der Waals surface area contributed by atoms with Crippen molar-refractivity contribution in [2.75, 3.05) is 22.6 Å². The van der Waals surface area contributed by atoms with E-state index >= 15 is 0 Å². The molecular weight excluding hydrogens is 559 g/mol. The van der Waals surface area contributed by atoms with Crippen LogP contribution in [0.4, 0.5) is 16.4 Å². The average molecular weight is 590 g/mol. The van der Waals surface area contributed by atoms with E-state index in [1.807, 2.05) is 98.1 Å². The molecule has 3 aromatic carbocycles. The molecule has 1 aromatic heterocycles. The van der Waals surface area contributed by atoms with E-state index in [1.54, 1.807) is 6.92 Å². The first kappa shape index (κ1) is 29.3. The number of hydrogen-bond donors (Lipinski definition) is 3. The highest BCUT2D eigenvalue weighted by molar-refractivity contribution is 8.00. The summed E-state index contributed by atoms with van der Waals surface area (Å²) in [4.78, 5) is 27.2. The summed E-state index contributed by atoms with van der Waals surface area (Å²) in [6, 6.07) is 25.4. The molecule has 0 saturated heterocycles. The lowest BCUT2D eigenvalue weighted by molar-refractivity contribution is -0.115. The number of anilines is 3. The van der Waals surface area contributed by atoms with E-state index in [9.17, 15) is 9.59 Å². The maximum Gasteiger partial charge on any atom is 0.341 e. The van der Waals surface area contributed by atoms with Crippen molar-refractivity contribution < 1.29 is 14.3 Å². The van der Waals surface area contributed by atoms with E-state index in [-0.39, 0.29) is 17.8 Å². The number of nitrogens with one attached hydrogen (secondary N) is 3. The summed E-state index contributed by atoms with van der Waals surface area (Å²) in [5.41, 5.74) is 4.92. The number of rotatable bonds is 10. The molecule has 0 aliphatic heterocycles. The number of amides is 1. The molecule has 1 atom stereocenters. The molecule has 0 radical (unpaired) electrons. The summed E-state index contributed by atoms with van der Waals surface area (Å²) in [5.74, 6) is -0.623. The third-order valence-electron chi connectivity index (χ3n) is 5.94. The van der Waals surface area contributed by atoms with E-state index in [0.717, 1.165) is 27.4 Å². The molecule has 40 heavy (non-hydrogen) atoms. The van der Waals surface area contributed by atoms with Crippen LogP contribution in [0, 0.1) is 6.92 Å². The van der Waals surface area contributed by atoms with Crippen molar-refractivity contribution in [3.63, 3.8) is 0 Å².